The molecule has 0 aromatic heterocycles. The van der Waals surface area contributed by atoms with Crippen molar-refractivity contribution in [3.8, 4) is 0 Å². The molecule has 0 aromatic carbocycles. The Bertz CT molecular complexity index is 100. The number of nitrogens with zero attached hydrogens (tertiary/aromatic N) is 1. The molecule has 54 valence electrons. The maximum absolute atomic E-state index is 10.5. The summed E-state index contributed by atoms with van der Waals surface area (Å²) in [5.74, 6) is 0. The van der Waals surface area contributed by atoms with Crippen LogP contribution < -0.4 is 0 Å². The molecule has 4 nitrogen and oxygen atoms in total. The number of rotatable bonds is 1. The third-order valence-electron chi connectivity index (χ3n) is 0.637. The monoisotopic (exact) mass is 133 g/mol. The van der Waals surface area contributed by atoms with Crippen LogP contribution in [0.2, 0.25) is 0 Å². The number of ether oxygens (including phenoxy) is 1. The lowest BCUT2D eigenvalue weighted by molar-refractivity contribution is -0.0466. The van der Waals surface area contributed by atoms with Crippen molar-refractivity contribution in [3.05, 3.63) is 0 Å². The summed E-state index contributed by atoms with van der Waals surface area (Å²) in [6, 6.07) is 0. The second kappa shape index (κ2) is 3.29. The summed E-state index contributed by atoms with van der Waals surface area (Å²) in [7, 11) is 3.09. The van der Waals surface area contributed by atoms with Gasteiger partial charge in [-0.25, -0.2) is 4.79 Å². The molecule has 0 aliphatic rings. The highest BCUT2D eigenvalue weighted by Crippen LogP contribution is 1.89. The van der Waals surface area contributed by atoms with Gasteiger partial charge < -0.3 is 14.7 Å². The number of aliphatic hydroxyl groups excluding tert-OH is 1. The Balaban J connectivity index is 3.51. The van der Waals surface area contributed by atoms with Crippen LogP contribution in [-0.2, 0) is 4.74 Å². The molecule has 9 heavy (non-hydrogen) atoms. The molecule has 1 unspecified atom stereocenters. The van der Waals surface area contributed by atoms with E-state index in [9.17, 15) is 4.79 Å². The molecule has 0 radical (unpaired) electrons. The lowest BCUT2D eigenvalue weighted by Gasteiger charge is -2.11. The van der Waals surface area contributed by atoms with Crippen LogP contribution in [0.5, 0.6) is 0 Å². The quantitative estimate of drug-likeness (QED) is 0.513. The first kappa shape index (κ1) is 8.23. The van der Waals surface area contributed by atoms with Crippen molar-refractivity contribution in [2.45, 2.75) is 13.2 Å². The van der Waals surface area contributed by atoms with Crippen molar-refractivity contribution in [1.82, 2.24) is 4.90 Å². The highest BCUT2D eigenvalue weighted by molar-refractivity contribution is 5.66. The number of amides is 1. The SMILES string of the molecule is CC(O)OC(=O)N(C)C. The molecular formula is C5H11NO3. The first-order chi connectivity index (χ1) is 4.04. The minimum Gasteiger partial charge on any atom is -0.420 e. The normalized spacial score (nSPS) is 12.4. The summed E-state index contributed by atoms with van der Waals surface area (Å²) in [5.41, 5.74) is 0. The molecule has 0 saturated heterocycles. The zero-order chi connectivity index (χ0) is 7.44. The third kappa shape index (κ3) is 3.78. The molecule has 0 aliphatic heterocycles. The molecule has 0 heterocycles. The fourth-order valence-corrected chi connectivity index (χ4v) is 0.251. The van der Waals surface area contributed by atoms with E-state index in [1.54, 1.807) is 14.1 Å². The summed E-state index contributed by atoms with van der Waals surface area (Å²) < 4.78 is 4.35. The highest BCUT2D eigenvalue weighted by atomic mass is 16.6. The van der Waals surface area contributed by atoms with Gasteiger partial charge in [-0.3, -0.25) is 0 Å². The van der Waals surface area contributed by atoms with Gasteiger partial charge in [0.05, 0.1) is 0 Å². The summed E-state index contributed by atoms with van der Waals surface area (Å²) >= 11 is 0. The van der Waals surface area contributed by atoms with E-state index in [0.29, 0.717) is 0 Å². The van der Waals surface area contributed by atoms with Crippen LogP contribution in [0, 0.1) is 0 Å². The average Bonchev–Trinajstić information content (AvgIpc) is 1.63. The van der Waals surface area contributed by atoms with Crippen LogP contribution in [0.15, 0.2) is 0 Å². The maximum atomic E-state index is 10.5. The number of carbonyl (C=O) groups excluding carboxylic acids is 1. The van der Waals surface area contributed by atoms with E-state index in [1.165, 1.54) is 11.8 Å². The number of hydrogen-bond donors (Lipinski definition) is 1. The number of hydrogen-bond acceptors (Lipinski definition) is 3. The molecule has 1 amide bonds. The number of aliphatic hydroxyl groups is 1. The van der Waals surface area contributed by atoms with Gasteiger partial charge in [0.1, 0.15) is 0 Å². The van der Waals surface area contributed by atoms with Gasteiger partial charge in [-0.2, -0.15) is 0 Å². The van der Waals surface area contributed by atoms with Gasteiger partial charge in [0, 0.05) is 14.1 Å². The molecule has 1 N–H and O–H groups in total. The van der Waals surface area contributed by atoms with E-state index in [2.05, 4.69) is 4.74 Å². The van der Waals surface area contributed by atoms with E-state index in [4.69, 9.17) is 5.11 Å². The van der Waals surface area contributed by atoms with Gasteiger partial charge in [0.2, 0.25) is 0 Å². The summed E-state index contributed by atoms with van der Waals surface area (Å²) in [6.45, 7) is 1.38. The lowest BCUT2D eigenvalue weighted by atomic mass is 10.7. The molecular weight excluding hydrogens is 122 g/mol. The van der Waals surface area contributed by atoms with Crippen molar-refractivity contribution < 1.29 is 14.6 Å². The second-order valence-corrected chi connectivity index (χ2v) is 1.88. The van der Waals surface area contributed by atoms with Gasteiger partial charge in [0.25, 0.3) is 0 Å². The van der Waals surface area contributed by atoms with Crippen LogP contribution in [0.25, 0.3) is 0 Å². The minimum atomic E-state index is -1.03. The Morgan fingerprint density at radius 3 is 2.22 bits per heavy atom. The summed E-state index contributed by atoms with van der Waals surface area (Å²) in [4.78, 5) is 11.7. The van der Waals surface area contributed by atoms with Gasteiger partial charge in [-0.05, 0) is 6.92 Å². The minimum absolute atomic E-state index is 0.537. The molecule has 0 fully saturated rings. The Morgan fingerprint density at radius 2 is 2.11 bits per heavy atom. The average molecular weight is 133 g/mol. The van der Waals surface area contributed by atoms with Gasteiger partial charge in [-0.15, -0.1) is 0 Å². The number of carbonyl (C=O) groups is 1. The van der Waals surface area contributed by atoms with E-state index < -0.39 is 12.4 Å². The predicted molar refractivity (Wildman–Crippen MR) is 31.8 cm³/mol. The van der Waals surface area contributed by atoms with E-state index in [1.807, 2.05) is 0 Å². The summed E-state index contributed by atoms with van der Waals surface area (Å²) in [5, 5.41) is 8.50. The standard InChI is InChI=1S/C5H11NO3/c1-4(7)9-5(8)6(2)3/h4,7H,1-3H3. The van der Waals surface area contributed by atoms with Crippen molar-refractivity contribution >= 4 is 6.09 Å². The van der Waals surface area contributed by atoms with Crippen LogP contribution in [0.4, 0.5) is 4.79 Å². The Morgan fingerprint density at radius 1 is 1.67 bits per heavy atom. The largest absolute Gasteiger partial charge is 0.420 e. The smallest absolute Gasteiger partial charge is 0.411 e. The molecule has 0 aliphatic carbocycles. The van der Waals surface area contributed by atoms with Crippen molar-refractivity contribution in [3.63, 3.8) is 0 Å². The first-order valence-electron chi connectivity index (χ1n) is 2.60. The fourth-order valence-electron chi connectivity index (χ4n) is 0.251. The van der Waals surface area contributed by atoms with Crippen molar-refractivity contribution in [2.24, 2.45) is 0 Å². The maximum Gasteiger partial charge on any atom is 0.411 e. The van der Waals surface area contributed by atoms with Crippen LogP contribution in [0.3, 0.4) is 0 Å². The summed E-state index contributed by atoms with van der Waals surface area (Å²) in [6.07, 6.45) is -1.56. The van der Waals surface area contributed by atoms with E-state index in [-0.39, 0.29) is 0 Å². The first-order valence-corrected chi connectivity index (χ1v) is 2.60. The van der Waals surface area contributed by atoms with Crippen molar-refractivity contribution in [1.29, 1.82) is 0 Å². The molecule has 0 rings (SSSR count). The third-order valence-corrected chi connectivity index (χ3v) is 0.637. The van der Waals surface area contributed by atoms with Gasteiger partial charge in [0.15, 0.2) is 6.29 Å². The molecule has 1 atom stereocenters. The lowest BCUT2D eigenvalue weighted by Crippen LogP contribution is -2.26. The second-order valence-electron chi connectivity index (χ2n) is 1.88. The van der Waals surface area contributed by atoms with E-state index in [0.717, 1.165) is 0 Å². The van der Waals surface area contributed by atoms with Crippen LogP contribution in [0.1, 0.15) is 6.92 Å². The topological polar surface area (TPSA) is 49.8 Å². The molecule has 0 aromatic rings. The zero-order valence-corrected chi connectivity index (χ0v) is 5.79. The van der Waals surface area contributed by atoms with Gasteiger partial charge in [-0.1, -0.05) is 0 Å². The van der Waals surface area contributed by atoms with Crippen molar-refractivity contribution in [2.75, 3.05) is 14.1 Å². The Labute approximate surface area is 54.0 Å². The molecule has 0 bridgehead atoms. The fraction of sp³-hybridized carbons (Fsp3) is 0.800. The van der Waals surface area contributed by atoms with Gasteiger partial charge >= 0.3 is 6.09 Å². The Hall–Kier alpha value is -0.770. The molecule has 0 spiro atoms. The van der Waals surface area contributed by atoms with Crippen LogP contribution in [-0.4, -0.2) is 36.5 Å². The van der Waals surface area contributed by atoms with E-state index >= 15 is 0 Å². The molecule has 4 heteroatoms. The Kier molecular flexibility index (Phi) is 3.01. The predicted octanol–water partition coefficient (Wildman–Crippen LogP) is 0.0229. The zero-order valence-electron chi connectivity index (χ0n) is 5.79. The molecule has 0 saturated carbocycles. The van der Waals surface area contributed by atoms with Crippen LogP contribution >= 0.6 is 0 Å². The highest BCUT2D eigenvalue weighted by Gasteiger charge is 2.06.